The first-order valence-corrected chi connectivity index (χ1v) is 5.96. The highest BCUT2D eigenvalue weighted by Crippen LogP contribution is 2.21. The first-order chi connectivity index (χ1) is 9.43. The third-order valence-corrected chi connectivity index (χ3v) is 2.74. The fourth-order valence-electron chi connectivity index (χ4n) is 1.83. The molecule has 0 amide bonds. The molecular formula is C15H12N4. The molecule has 0 spiro atoms. The van der Waals surface area contributed by atoms with Crippen LogP contribution in [0.5, 0.6) is 0 Å². The predicted octanol–water partition coefficient (Wildman–Crippen LogP) is 3.04. The lowest BCUT2D eigenvalue weighted by Crippen LogP contribution is -1.83. The molecule has 0 aliphatic rings. The van der Waals surface area contributed by atoms with E-state index in [0.29, 0.717) is 0 Å². The van der Waals surface area contributed by atoms with Crippen LogP contribution < -0.4 is 0 Å². The molecule has 1 aromatic carbocycles. The van der Waals surface area contributed by atoms with E-state index in [2.05, 4.69) is 19.9 Å². The van der Waals surface area contributed by atoms with E-state index in [9.17, 15) is 0 Å². The lowest BCUT2D eigenvalue weighted by molar-refractivity contribution is 1.15. The summed E-state index contributed by atoms with van der Waals surface area (Å²) >= 11 is 0. The van der Waals surface area contributed by atoms with Gasteiger partial charge in [-0.25, -0.2) is 15.0 Å². The molecule has 0 atom stereocenters. The molecule has 0 fully saturated rings. The number of rotatable bonds is 3. The van der Waals surface area contributed by atoms with Gasteiger partial charge in [0.25, 0.3) is 0 Å². The molecule has 0 aliphatic heterocycles. The van der Waals surface area contributed by atoms with Gasteiger partial charge in [-0.05, 0) is 18.2 Å². The molecule has 2 aromatic heterocycles. The van der Waals surface area contributed by atoms with Gasteiger partial charge < -0.3 is 4.98 Å². The molecule has 3 aromatic rings. The van der Waals surface area contributed by atoms with Gasteiger partial charge in [0.15, 0.2) is 0 Å². The Kier molecular flexibility index (Phi) is 3.14. The molecule has 1 N–H and O–H groups in total. The van der Waals surface area contributed by atoms with Gasteiger partial charge in [0.1, 0.15) is 6.33 Å². The maximum atomic E-state index is 4.36. The molecule has 3 rings (SSSR count). The highest BCUT2D eigenvalue weighted by Gasteiger charge is 2.04. The average Bonchev–Trinajstić information content (AvgIpc) is 2.95. The van der Waals surface area contributed by atoms with Crippen molar-refractivity contribution in [3.63, 3.8) is 0 Å². The minimum atomic E-state index is 0.864. The molecule has 0 saturated carbocycles. The first kappa shape index (κ1) is 11.3. The number of nitrogens with zero attached hydrogens (tertiary/aromatic N) is 3. The van der Waals surface area contributed by atoms with Crippen LogP contribution in [-0.4, -0.2) is 19.9 Å². The summed E-state index contributed by atoms with van der Waals surface area (Å²) in [7, 11) is 0. The number of aromatic nitrogens is 4. The van der Waals surface area contributed by atoms with Crippen LogP contribution >= 0.6 is 0 Å². The molecular weight excluding hydrogens is 236 g/mol. The van der Waals surface area contributed by atoms with Gasteiger partial charge in [-0.15, -0.1) is 0 Å². The summed E-state index contributed by atoms with van der Waals surface area (Å²) in [5, 5.41) is 0. The largest absolute Gasteiger partial charge is 0.345 e. The van der Waals surface area contributed by atoms with E-state index in [1.807, 2.05) is 48.6 Å². The molecule has 0 bridgehead atoms. The van der Waals surface area contributed by atoms with Crippen molar-refractivity contribution in [2.24, 2.45) is 0 Å². The van der Waals surface area contributed by atoms with Crippen LogP contribution in [0.1, 0.15) is 11.4 Å². The first-order valence-electron chi connectivity index (χ1n) is 5.96. The second-order valence-electron chi connectivity index (χ2n) is 4.00. The van der Waals surface area contributed by atoms with E-state index in [1.165, 1.54) is 6.33 Å². The summed E-state index contributed by atoms with van der Waals surface area (Å²) in [4.78, 5) is 15.5. The number of aromatic amines is 1. The number of benzene rings is 1. The molecule has 92 valence electrons. The van der Waals surface area contributed by atoms with E-state index in [1.54, 1.807) is 12.5 Å². The minimum Gasteiger partial charge on any atom is -0.345 e. The van der Waals surface area contributed by atoms with Crippen molar-refractivity contribution in [2.45, 2.75) is 0 Å². The number of hydrogen-bond acceptors (Lipinski definition) is 3. The fraction of sp³-hybridized carbons (Fsp3) is 0. The van der Waals surface area contributed by atoms with Crippen molar-refractivity contribution in [2.75, 3.05) is 0 Å². The van der Waals surface area contributed by atoms with Crippen LogP contribution in [0.2, 0.25) is 0 Å². The van der Waals surface area contributed by atoms with Crippen molar-refractivity contribution in [3.8, 4) is 11.3 Å². The molecule has 0 saturated heterocycles. The Hall–Kier alpha value is -2.75. The Bertz CT molecular complexity index is 672. The third kappa shape index (κ3) is 2.57. The SMILES string of the molecule is C(=C\c1[nH]cnc1-c1ccccc1)/c1ccncn1. The van der Waals surface area contributed by atoms with Crippen LogP contribution in [0.4, 0.5) is 0 Å². The minimum absolute atomic E-state index is 0.864. The normalized spacial score (nSPS) is 10.9. The highest BCUT2D eigenvalue weighted by atomic mass is 14.9. The van der Waals surface area contributed by atoms with Crippen LogP contribution in [-0.2, 0) is 0 Å². The van der Waals surface area contributed by atoms with Crippen molar-refractivity contribution in [1.29, 1.82) is 0 Å². The van der Waals surface area contributed by atoms with Crippen LogP contribution in [0, 0.1) is 0 Å². The van der Waals surface area contributed by atoms with Gasteiger partial charge in [-0.3, -0.25) is 0 Å². The van der Waals surface area contributed by atoms with Crippen LogP contribution in [0.15, 0.2) is 55.2 Å². The van der Waals surface area contributed by atoms with E-state index < -0.39 is 0 Å². The highest BCUT2D eigenvalue weighted by molar-refractivity contribution is 5.76. The van der Waals surface area contributed by atoms with Gasteiger partial charge >= 0.3 is 0 Å². The molecule has 19 heavy (non-hydrogen) atoms. The molecule has 4 nitrogen and oxygen atoms in total. The van der Waals surface area contributed by atoms with Gasteiger partial charge in [0, 0.05) is 11.8 Å². The Labute approximate surface area is 110 Å². The fourth-order valence-corrected chi connectivity index (χ4v) is 1.83. The van der Waals surface area contributed by atoms with Gasteiger partial charge in [-0.2, -0.15) is 0 Å². The lowest BCUT2D eigenvalue weighted by Gasteiger charge is -1.98. The standard InChI is InChI=1S/C15H12N4/c1-2-4-12(5-3-1)15-14(18-11-19-15)7-6-13-8-9-16-10-17-13/h1-11H,(H,18,19)/b7-6+. The van der Waals surface area contributed by atoms with Crippen LogP contribution in [0.3, 0.4) is 0 Å². The molecule has 4 heteroatoms. The zero-order chi connectivity index (χ0) is 12.9. The number of imidazole rings is 1. The zero-order valence-electron chi connectivity index (χ0n) is 10.2. The average molecular weight is 248 g/mol. The summed E-state index contributed by atoms with van der Waals surface area (Å²) in [5.41, 5.74) is 3.85. The summed E-state index contributed by atoms with van der Waals surface area (Å²) in [6.45, 7) is 0. The molecule has 2 heterocycles. The summed E-state index contributed by atoms with van der Waals surface area (Å²) in [6, 6.07) is 11.9. The maximum absolute atomic E-state index is 4.36. The monoisotopic (exact) mass is 248 g/mol. The predicted molar refractivity (Wildman–Crippen MR) is 75.0 cm³/mol. The summed E-state index contributed by atoms with van der Waals surface area (Å²) in [6.07, 6.45) is 8.85. The second kappa shape index (κ2) is 5.27. The van der Waals surface area contributed by atoms with Gasteiger partial charge in [-0.1, -0.05) is 30.3 Å². The summed E-state index contributed by atoms with van der Waals surface area (Å²) in [5.74, 6) is 0. The van der Waals surface area contributed by atoms with Crippen molar-refractivity contribution >= 4 is 12.2 Å². The van der Waals surface area contributed by atoms with Crippen LogP contribution in [0.25, 0.3) is 23.4 Å². The number of H-pyrrole nitrogens is 1. The Morgan fingerprint density at radius 2 is 1.84 bits per heavy atom. The molecule has 0 radical (unpaired) electrons. The molecule has 0 aliphatic carbocycles. The van der Waals surface area contributed by atoms with Crippen molar-refractivity contribution < 1.29 is 0 Å². The smallest absolute Gasteiger partial charge is 0.115 e. The Morgan fingerprint density at radius 3 is 2.63 bits per heavy atom. The number of hydrogen-bond donors (Lipinski definition) is 1. The van der Waals surface area contributed by atoms with Gasteiger partial charge in [0.05, 0.1) is 23.4 Å². The van der Waals surface area contributed by atoms with E-state index in [0.717, 1.165) is 22.6 Å². The second-order valence-corrected chi connectivity index (χ2v) is 4.00. The van der Waals surface area contributed by atoms with Crippen molar-refractivity contribution in [1.82, 2.24) is 19.9 Å². The lowest BCUT2D eigenvalue weighted by atomic mass is 10.1. The topological polar surface area (TPSA) is 54.5 Å². The zero-order valence-corrected chi connectivity index (χ0v) is 10.2. The maximum Gasteiger partial charge on any atom is 0.115 e. The third-order valence-electron chi connectivity index (χ3n) is 2.74. The quantitative estimate of drug-likeness (QED) is 0.775. The van der Waals surface area contributed by atoms with E-state index >= 15 is 0 Å². The van der Waals surface area contributed by atoms with E-state index in [-0.39, 0.29) is 0 Å². The van der Waals surface area contributed by atoms with Crippen molar-refractivity contribution in [3.05, 3.63) is 66.6 Å². The number of nitrogens with one attached hydrogen (secondary N) is 1. The Balaban J connectivity index is 1.91. The van der Waals surface area contributed by atoms with E-state index in [4.69, 9.17) is 0 Å². The molecule has 0 unspecified atom stereocenters. The Morgan fingerprint density at radius 1 is 0.947 bits per heavy atom. The summed E-state index contributed by atoms with van der Waals surface area (Å²) < 4.78 is 0. The van der Waals surface area contributed by atoms with Gasteiger partial charge in [0.2, 0.25) is 0 Å².